The maximum absolute atomic E-state index is 12.2. The van der Waals surface area contributed by atoms with Crippen molar-refractivity contribution in [2.24, 2.45) is 0 Å². The smallest absolute Gasteiger partial charge is 0.286 e. The lowest BCUT2D eigenvalue weighted by Gasteiger charge is -2.10. The SMILES string of the molecule is Br.Cl.O=C(NNS(=O)(=O)C(F)(F)F)c1ccc[n+](CC(=O)c2cccs2)c1. The average molecular weight is 512 g/mol. The topological polar surface area (TPSA) is 96.2 Å². The maximum atomic E-state index is 12.2. The van der Waals surface area contributed by atoms with Crippen LogP contribution in [0.15, 0.2) is 42.0 Å². The van der Waals surface area contributed by atoms with Gasteiger partial charge in [0.05, 0.1) is 4.88 Å². The van der Waals surface area contributed by atoms with Crippen LogP contribution in [-0.2, 0) is 16.6 Å². The minimum absolute atomic E-state index is 0. The lowest BCUT2D eigenvalue weighted by molar-refractivity contribution is -0.683. The highest BCUT2D eigenvalue weighted by Crippen LogP contribution is 2.20. The molecule has 0 aliphatic carbocycles. The van der Waals surface area contributed by atoms with Crippen LogP contribution in [0.3, 0.4) is 0 Å². The molecule has 0 aliphatic heterocycles. The van der Waals surface area contributed by atoms with Gasteiger partial charge in [-0.2, -0.15) is 17.7 Å². The zero-order chi connectivity index (χ0) is 18.7. The van der Waals surface area contributed by atoms with E-state index in [2.05, 4.69) is 0 Å². The Balaban J connectivity index is 0.00000338. The van der Waals surface area contributed by atoms with Gasteiger partial charge >= 0.3 is 15.5 Å². The molecule has 27 heavy (non-hydrogen) atoms. The summed E-state index contributed by atoms with van der Waals surface area (Å²) in [6.07, 6.45) is 2.70. The Morgan fingerprint density at radius 1 is 1.19 bits per heavy atom. The van der Waals surface area contributed by atoms with Gasteiger partial charge < -0.3 is 0 Å². The molecule has 7 nitrogen and oxygen atoms in total. The van der Waals surface area contributed by atoms with E-state index in [4.69, 9.17) is 0 Å². The summed E-state index contributed by atoms with van der Waals surface area (Å²) in [5, 5.41) is 1.73. The van der Waals surface area contributed by atoms with E-state index in [0.717, 1.165) is 4.83 Å². The van der Waals surface area contributed by atoms with Gasteiger partial charge in [-0.25, -0.2) is 8.42 Å². The summed E-state index contributed by atoms with van der Waals surface area (Å²) in [7, 11) is -5.70. The van der Waals surface area contributed by atoms with Gasteiger partial charge in [-0.1, -0.05) is 6.07 Å². The lowest BCUT2D eigenvalue weighted by Crippen LogP contribution is -2.48. The number of alkyl halides is 3. The van der Waals surface area contributed by atoms with Crippen molar-refractivity contribution >= 4 is 62.4 Å². The number of carbonyl (C=O) groups is 2. The fourth-order valence-corrected chi connectivity index (χ4v) is 2.68. The van der Waals surface area contributed by atoms with Crippen LogP contribution in [0.5, 0.6) is 0 Å². The second kappa shape index (κ2) is 10.1. The fourth-order valence-electron chi connectivity index (χ4n) is 1.68. The average Bonchev–Trinajstić information content (AvgIpc) is 3.06. The van der Waals surface area contributed by atoms with E-state index in [-0.39, 0.29) is 47.3 Å². The third-order valence-corrected chi connectivity index (χ3v) is 4.74. The van der Waals surface area contributed by atoms with Gasteiger partial charge in [0.15, 0.2) is 12.4 Å². The van der Waals surface area contributed by atoms with Gasteiger partial charge in [0.1, 0.15) is 5.56 Å². The first-order valence-electron chi connectivity index (χ1n) is 6.54. The molecule has 14 heteroatoms. The lowest BCUT2D eigenvalue weighted by atomic mass is 10.2. The standard InChI is InChI=1S/C13H10F3N3O4S2.BrH.ClH/c14-13(15,16)25(22,23)18-17-12(21)9-3-1-5-19(7-9)8-10(20)11-4-2-6-24-11;;/h1-7,18H,8H2;2*1H/p+1. The van der Waals surface area contributed by atoms with Crippen molar-refractivity contribution in [3.63, 3.8) is 0 Å². The summed E-state index contributed by atoms with van der Waals surface area (Å²) in [6, 6.07) is 5.99. The number of ketones is 1. The number of nitrogens with one attached hydrogen (secondary N) is 2. The predicted molar refractivity (Wildman–Crippen MR) is 98.4 cm³/mol. The van der Waals surface area contributed by atoms with Crippen LogP contribution in [0.1, 0.15) is 20.0 Å². The molecule has 0 aliphatic rings. The fraction of sp³-hybridized carbons (Fsp3) is 0.154. The summed E-state index contributed by atoms with van der Waals surface area (Å²) < 4.78 is 59.6. The third kappa shape index (κ3) is 6.84. The van der Waals surface area contributed by atoms with E-state index in [1.54, 1.807) is 17.5 Å². The number of thiophene rings is 1. The Labute approximate surface area is 172 Å². The second-order valence-electron chi connectivity index (χ2n) is 4.67. The van der Waals surface area contributed by atoms with E-state index in [1.807, 2.05) is 0 Å². The molecule has 0 radical (unpaired) electrons. The van der Waals surface area contributed by atoms with Gasteiger partial charge in [0.25, 0.3) is 5.91 Å². The molecule has 150 valence electrons. The summed E-state index contributed by atoms with van der Waals surface area (Å²) >= 11 is 1.25. The molecule has 0 atom stereocenters. The van der Waals surface area contributed by atoms with Crippen LogP contribution in [0.2, 0.25) is 0 Å². The molecule has 2 N–H and O–H groups in total. The number of amides is 1. The number of Topliss-reactive ketones (excluding diaryl/α,β-unsaturated/α-hetero) is 1. The number of aromatic nitrogens is 1. The predicted octanol–water partition coefficient (Wildman–Crippen LogP) is 2.00. The van der Waals surface area contributed by atoms with E-state index in [1.165, 1.54) is 45.9 Å². The van der Waals surface area contributed by atoms with E-state index >= 15 is 0 Å². The molecule has 0 spiro atoms. The monoisotopic (exact) mass is 510 g/mol. The summed E-state index contributed by atoms with van der Waals surface area (Å²) in [5.41, 5.74) is -4.22. The molecule has 1 amide bonds. The Morgan fingerprint density at radius 2 is 1.85 bits per heavy atom. The minimum Gasteiger partial charge on any atom is -0.286 e. The Bertz CT molecular complexity index is 892. The quantitative estimate of drug-likeness (QED) is 0.352. The Hall–Kier alpha value is -1.54. The largest absolute Gasteiger partial charge is 0.513 e. The van der Waals surface area contributed by atoms with Gasteiger partial charge in [-0.3, -0.25) is 15.0 Å². The van der Waals surface area contributed by atoms with E-state index < -0.39 is 21.4 Å². The van der Waals surface area contributed by atoms with Gasteiger partial charge in [0.2, 0.25) is 12.3 Å². The van der Waals surface area contributed by atoms with Crippen LogP contribution in [0.4, 0.5) is 13.2 Å². The third-order valence-electron chi connectivity index (χ3n) is 2.85. The van der Waals surface area contributed by atoms with Crippen LogP contribution in [-0.4, -0.2) is 25.6 Å². The Morgan fingerprint density at radius 3 is 2.41 bits per heavy atom. The summed E-state index contributed by atoms with van der Waals surface area (Å²) in [6.45, 7) is -0.0874. The molecule has 0 saturated heterocycles. The number of hydrogen-bond acceptors (Lipinski definition) is 5. The first kappa shape index (κ1) is 25.5. The van der Waals surface area contributed by atoms with Crippen LogP contribution < -0.4 is 14.8 Å². The number of carbonyl (C=O) groups excluding carboxylic acids is 2. The molecule has 0 fully saturated rings. The van der Waals surface area contributed by atoms with Crippen molar-refractivity contribution in [1.82, 2.24) is 10.3 Å². The molecule has 2 heterocycles. The molecular weight excluding hydrogens is 499 g/mol. The number of halogens is 5. The van der Waals surface area contributed by atoms with Gasteiger partial charge in [0, 0.05) is 6.07 Å². The molecule has 0 saturated carbocycles. The van der Waals surface area contributed by atoms with Gasteiger partial charge in [-0.05, 0) is 17.5 Å². The van der Waals surface area contributed by atoms with Crippen LogP contribution >= 0.6 is 40.7 Å². The second-order valence-corrected chi connectivity index (χ2v) is 7.29. The maximum Gasteiger partial charge on any atom is 0.513 e. The normalized spacial score (nSPS) is 11.1. The molecule has 0 aromatic carbocycles. The molecule has 2 aromatic rings. The summed E-state index contributed by atoms with van der Waals surface area (Å²) in [4.78, 5) is 25.2. The highest BCUT2D eigenvalue weighted by Gasteiger charge is 2.46. The van der Waals surface area contributed by atoms with E-state index in [0.29, 0.717) is 4.88 Å². The number of hydrogen-bond donors (Lipinski definition) is 2. The van der Waals surface area contributed by atoms with E-state index in [9.17, 15) is 31.2 Å². The van der Waals surface area contributed by atoms with Crippen molar-refractivity contribution in [3.05, 3.63) is 52.5 Å². The zero-order valence-corrected chi connectivity index (χ0v) is 17.3. The highest BCUT2D eigenvalue weighted by atomic mass is 79.9. The molecular formula is C13H13BrClF3N3O4S2+. The molecule has 0 bridgehead atoms. The van der Waals surface area contributed by atoms with Crippen molar-refractivity contribution in [2.75, 3.05) is 0 Å². The first-order chi connectivity index (χ1) is 11.6. The number of nitrogens with zero attached hydrogens (tertiary/aromatic N) is 1. The van der Waals surface area contributed by atoms with Gasteiger partial charge in [-0.15, -0.1) is 45.6 Å². The number of hydrazine groups is 1. The minimum atomic E-state index is -5.70. The van der Waals surface area contributed by atoms with Crippen molar-refractivity contribution < 1.29 is 35.7 Å². The zero-order valence-electron chi connectivity index (χ0n) is 13.1. The molecule has 0 unspecified atom stereocenters. The summed E-state index contributed by atoms with van der Waals surface area (Å²) in [5.74, 6) is -1.32. The number of sulfonamides is 1. The van der Waals surface area contributed by atoms with Crippen molar-refractivity contribution in [1.29, 1.82) is 0 Å². The van der Waals surface area contributed by atoms with Crippen molar-refractivity contribution in [2.45, 2.75) is 12.1 Å². The number of rotatable bonds is 6. The highest BCUT2D eigenvalue weighted by molar-refractivity contribution is 8.93. The van der Waals surface area contributed by atoms with Crippen LogP contribution in [0.25, 0.3) is 0 Å². The number of pyridine rings is 1. The van der Waals surface area contributed by atoms with Crippen LogP contribution in [0, 0.1) is 0 Å². The molecule has 2 aromatic heterocycles. The molecule has 2 rings (SSSR count). The van der Waals surface area contributed by atoms with Crippen molar-refractivity contribution in [3.8, 4) is 0 Å². The first-order valence-corrected chi connectivity index (χ1v) is 8.90. The Kier molecular flexibility index (Phi) is 9.55.